The average Bonchev–Trinajstić information content (AvgIpc) is 3.46. The van der Waals surface area contributed by atoms with Crippen molar-refractivity contribution < 1.29 is 13.3 Å². The Morgan fingerprint density at radius 1 is 0.897 bits per heavy atom. The van der Waals surface area contributed by atoms with Crippen molar-refractivity contribution in [2.45, 2.75) is 6.54 Å². The van der Waals surface area contributed by atoms with Crippen molar-refractivity contribution in [2.24, 2.45) is 28.2 Å². The van der Waals surface area contributed by atoms with Gasteiger partial charge in [0, 0.05) is 41.8 Å². The second-order valence-corrected chi connectivity index (χ2v) is 24.3. The number of fused-ring (bicyclic) bond motifs is 2. The summed E-state index contributed by atoms with van der Waals surface area (Å²) >= 11 is 5.30. The van der Waals surface area contributed by atoms with E-state index < -0.39 is 5.69 Å². The summed E-state index contributed by atoms with van der Waals surface area (Å²) in [5, 5.41) is 2.87. The van der Waals surface area contributed by atoms with E-state index in [9.17, 15) is 19.2 Å². The predicted octanol–water partition coefficient (Wildman–Crippen LogP) is -1.12. The van der Waals surface area contributed by atoms with Gasteiger partial charge in [-0.3, -0.25) is 28.3 Å². The SMILES string of the molecule is CNc1nc2c(c(=O)n(C)c(=O)n2C)n1C.Cn1c(=O)[nH]c2ncn(Cc3ccccc3)c2c1=O.I.I[I-]I. The van der Waals surface area contributed by atoms with Gasteiger partial charge in [0.1, 0.15) is 0 Å². The molecule has 0 bridgehead atoms. The van der Waals surface area contributed by atoms with Crippen molar-refractivity contribution in [1.82, 2.24) is 37.8 Å². The van der Waals surface area contributed by atoms with Gasteiger partial charge < -0.3 is 14.5 Å². The Bertz CT molecular complexity index is 1820. The second kappa shape index (κ2) is 14.7. The number of rotatable bonds is 3. The third-order valence-corrected chi connectivity index (χ3v) is 5.77. The molecule has 0 spiro atoms. The first-order valence-electron chi connectivity index (χ1n) is 10.9. The number of imidazole rings is 2. The Morgan fingerprint density at radius 3 is 2.08 bits per heavy atom. The molecule has 0 aliphatic carbocycles. The predicted molar refractivity (Wildman–Crippen MR) is 175 cm³/mol. The third kappa shape index (κ3) is 7.12. The number of nitrogens with one attached hydrogen (secondary N) is 2. The quantitative estimate of drug-likeness (QED) is 0.218. The molecule has 0 saturated heterocycles. The van der Waals surface area contributed by atoms with Crippen LogP contribution < -0.4 is 41.1 Å². The zero-order valence-corrected chi connectivity index (χ0v) is 30.3. The maximum absolute atomic E-state index is 12.1. The van der Waals surface area contributed by atoms with Crippen LogP contribution in [0.15, 0.2) is 55.8 Å². The molecule has 0 aliphatic heterocycles. The van der Waals surface area contributed by atoms with Gasteiger partial charge in [0.2, 0.25) is 5.95 Å². The van der Waals surface area contributed by atoms with Crippen molar-refractivity contribution in [3.8, 4) is 0 Å². The van der Waals surface area contributed by atoms with Crippen LogP contribution >= 0.6 is 61.2 Å². The average molecular weight is 988 g/mol. The molecule has 5 aromatic rings. The first-order chi connectivity index (χ1) is 18.1. The minimum absolute atomic E-state index is 0. The molecule has 4 heterocycles. The number of aromatic amines is 1. The van der Waals surface area contributed by atoms with E-state index in [1.54, 1.807) is 36.6 Å². The number of hydrogen-bond donors (Lipinski definition) is 2. The van der Waals surface area contributed by atoms with E-state index in [0.29, 0.717) is 48.1 Å². The van der Waals surface area contributed by atoms with Gasteiger partial charge in [-0.05, 0) is 5.56 Å². The van der Waals surface area contributed by atoms with E-state index >= 15 is 0 Å². The number of nitrogens with zero attached hydrogens (tertiary/aromatic N) is 7. The molecule has 13 nitrogen and oxygen atoms in total. The number of benzene rings is 1. The first-order valence-corrected chi connectivity index (χ1v) is 23.5. The Labute approximate surface area is 268 Å². The minimum atomic E-state index is -0.456. The van der Waals surface area contributed by atoms with Gasteiger partial charge in [-0.25, -0.2) is 14.6 Å². The molecule has 0 atom stereocenters. The third-order valence-electron chi connectivity index (χ3n) is 5.77. The zero-order valence-electron chi connectivity index (χ0n) is 21.5. The molecule has 1 aromatic carbocycles. The molecule has 0 aliphatic rings. The van der Waals surface area contributed by atoms with Crippen LogP contribution in [0.25, 0.3) is 22.3 Å². The molecule has 0 amide bonds. The van der Waals surface area contributed by atoms with Crippen LogP contribution in [0.2, 0.25) is 0 Å². The van der Waals surface area contributed by atoms with Crippen molar-refractivity contribution in [1.29, 1.82) is 0 Å². The molecule has 212 valence electrons. The van der Waals surface area contributed by atoms with E-state index in [0.717, 1.165) is 14.7 Å². The van der Waals surface area contributed by atoms with Crippen LogP contribution in [0, 0.1) is 0 Å². The molecule has 2 N–H and O–H groups in total. The number of hydrogen-bond acceptors (Lipinski definition) is 7. The van der Waals surface area contributed by atoms with Crippen LogP contribution in [0.5, 0.6) is 0 Å². The van der Waals surface area contributed by atoms with E-state index in [1.807, 2.05) is 30.3 Å². The molecule has 17 heteroatoms. The number of aryl methyl sites for hydroxylation is 2. The summed E-state index contributed by atoms with van der Waals surface area (Å²) < 4.78 is 6.85. The van der Waals surface area contributed by atoms with Gasteiger partial charge in [-0.2, -0.15) is 4.98 Å². The molecule has 0 saturated carbocycles. The molecule has 0 radical (unpaired) electrons. The topological polar surface area (TPSA) is 147 Å². The summed E-state index contributed by atoms with van der Waals surface area (Å²) in [7, 11) is 7.93. The molecule has 0 fully saturated rings. The fourth-order valence-corrected chi connectivity index (χ4v) is 3.78. The monoisotopic (exact) mass is 988 g/mol. The van der Waals surface area contributed by atoms with Gasteiger partial charge in [-0.1, -0.05) is 30.3 Å². The summed E-state index contributed by atoms with van der Waals surface area (Å²) in [5.74, 6) is 0.549. The van der Waals surface area contributed by atoms with Gasteiger partial charge in [-0.15, -0.1) is 24.0 Å². The summed E-state index contributed by atoms with van der Waals surface area (Å²) in [5.41, 5.74) is 1.08. The van der Waals surface area contributed by atoms with Gasteiger partial charge in [0.05, 0.1) is 6.33 Å². The van der Waals surface area contributed by atoms with Gasteiger partial charge in [0.15, 0.2) is 22.3 Å². The summed E-state index contributed by atoms with van der Waals surface area (Å²) in [6, 6.07) is 9.76. The molecule has 0 unspecified atom stereocenters. The van der Waals surface area contributed by atoms with Crippen molar-refractivity contribution in [3.05, 3.63) is 83.9 Å². The Hall–Kier alpha value is -1.76. The van der Waals surface area contributed by atoms with Gasteiger partial charge in [0.25, 0.3) is 11.1 Å². The van der Waals surface area contributed by atoms with E-state index in [2.05, 4.69) is 57.5 Å². The standard InChI is InChI=1S/C13H12N4O2.C9H13N5O2.I3.HI/c1-16-12(18)10-11(15-13(16)19)14-8-17(10)7-9-5-3-2-4-6-9;1-10-8-11-6-5(12(8)2)7(15)14(4)9(16)13(6)3;1-3-2;/h2-6,8H,7H2,1H3,(H,15,19);1-4H3,(H,10,11);;1H/q;;-1;. The normalized spacial score (nSPS) is 10.4. The van der Waals surface area contributed by atoms with Crippen molar-refractivity contribution in [2.75, 3.05) is 12.4 Å². The number of anilines is 1. The fourth-order valence-electron chi connectivity index (χ4n) is 3.78. The van der Waals surface area contributed by atoms with Crippen LogP contribution in [0.3, 0.4) is 0 Å². The van der Waals surface area contributed by atoms with Crippen LogP contribution in [-0.2, 0) is 34.7 Å². The molecule has 5 rings (SSSR count). The van der Waals surface area contributed by atoms with Crippen molar-refractivity contribution >= 4 is 89.5 Å². The Balaban J connectivity index is 0.000000246. The van der Waals surface area contributed by atoms with E-state index in [1.165, 1.54) is 18.7 Å². The van der Waals surface area contributed by atoms with Crippen LogP contribution in [0.1, 0.15) is 5.56 Å². The van der Waals surface area contributed by atoms with Crippen molar-refractivity contribution in [3.63, 3.8) is 0 Å². The van der Waals surface area contributed by atoms with E-state index in [-0.39, 0.29) is 40.8 Å². The molecular weight excluding hydrogens is 962 g/mol. The molecular formula is C22H26I4N9O4-. The summed E-state index contributed by atoms with van der Waals surface area (Å²) in [6.07, 6.45) is 1.56. The number of aromatic nitrogens is 8. The van der Waals surface area contributed by atoms with E-state index in [4.69, 9.17) is 0 Å². The number of H-pyrrole nitrogens is 1. The molecule has 39 heavy (non-hydrogen) atoms. The summed E-state index contributed by atoms with van der Waals surface area (Å²) in [6.45, 7) is 0.540. The molecule has 4 aromatic heterocycles. The number of halogens is 4. The Kier molecular flexibility index (Phi) is 12.6. The first kappa shape index (κ1) is 33.4. The van der Waals surface area contributed by atoms with Crippen LogP contribution in [0.4, 0.5) is 5.95 Å². The second-order valence-electron chi connectivity index (χ2n) is 8.03. The Morgan fingerprint density at radius 2 is 1.49 bits per heavy atom. The van der Waals surface area contributed by atoms with Gasteiger partial charge >= 0.3 is 61.9 Å². The summed E-state index contributed by atoms with van der Waals surface area (Å²) in [4.78, 5) is 58.0. The fraction of sp³-hybridized carbons (Fsp3) is 0.273. The zero-order chi connectivity index (χ0) is 28.1. The maximum atomic E-state index is 12.1. The van der Waals surface area contributed by atoms with Crippen LogP contribution in [-0.4, -0.2) is 44.8 Å².